The van der Waals surface area contributed by atoms with Gasteiger partial charge >= 0.3 is 6.18 Å². The fraction of sp³-hybridized carbons (Fsp3) is 0.500. The monoisotopic (exact) mass is 325 g/mol. The minimum atomic E-state index is -4.33. The number of benzene rings is 1. The number of nitrogens with one attached hydrogen (secondary N) is 1. The molecule has 1 aromatic rings. The van der Waals surface area contributed by atoms with Gasteiger partial charge in [0.2, 0.25) is 0 Å². The van der Waals surface area contributed by atoms with E-state index >= 15 is 0 Å². The van der Waals surface area contributed by atoms with Gasteiger partial charge in [-0.25, -0.2) is 0 Å². The second-order valence-electron chi connectivity index (χ2n) is 3.87. The van der Waals surface area contributed by atoms with Crippen molar-refractivity contribution in [1.29, 1.82) is 0 Å². The van der Waals surface area contributed by atoms with Crippen LogP contribution in [0.2, 0.25) is 0 Å². The summed E-state index contributed by atoms with van der Waals surface area (Å²) in [6.07, 6.45) is -4.33. The Morgan fingerprint density at radius 2 is 2.06 bits per heavy atom. The fourth-order valence-corrected chi connectivity index (χ4v) is 1.94. The van der Waals surface area contributed by atoms with Gasteiger partial charge in [0.1, 0.15) is 5.75 Å². The number of ether oxygens (including phenoxy) is 1. The largest absolute Gasteiger partial charge is 0.484 e. The Morgan fingerprint density at radius 3 is 2.61 bits per heavy atom. The molecule has 0 aliphatic heterocycles. The predicted octanol–water partition coefficient (Wildman–Crippen LogP) is 4.06. The van der Waals surface area contributed by atoms with Crippen LogP contribution in [0.3, 0.4) is 0 Å². The Morgan fingerprint density at radius 1 is 1.39 bits per heavy atom. The molecule has 0 radical (unpaired) electrons. The lowest BCUT2D eigenvalue weighted by atomic mass is 10.1. The van der Waals surface area contributed by atoms with E-state index in [4.69, 9.17) is 4.74 Å². The first kappa shape index (κ1) is 15.3. The van der Waals surface area contributed by atoms with Crippen molar-refractivity contribution >= 4 is 15.9 Å². The molecule has 6 heteroatoms. The molecule has 0 spiro atoms. The molecule has 0 saturated heterocycles. The molecule has 1 aromatic carbocycles. The maximum atomic E-state index is 12.2. The Balaban J connectivity index is 2.89. The Hall–Kier alpha value is -0.750. The SMILES string of the molecule is CCNC(C)c1cc(Br)ccc1OCC(F)(F)F. The van der Waals surface area contributed by atoms with E-state index in [2.05, 4.69) is 21.2 Å². The minimum absolute atomic E-state index is 0.0734. The summed E-state index contributed by atoms with van der Waals surface area (Å²) in [5.41, 5.74) is 0.704. The minimum Gasteiger partial charge on any atom is -0.484 e. The summed E-state index contributed by atoms with van der Waals surface area (Å²) >= 11 is 3.30. The van der Waals surface area contributed by atoms with Gasteiger partial charge in [0.15, 0.2) is 6.61 Å². The fourth-order valence-electron chi connectivity index (χ4n) is 1.56. The summed E-state index contributed by atoms with van der Waals surface area (Å²) in [6, 6.07) is 4.89. The summed E-state index contributed by atoms with van der Waals surface area (Å²) in [6.45, 7) is 3.27. The van der Waals surface area contributed by atoms with Crippen LogP contribution in [0, 0.1) is 0 Å². The smallest absolute Gasteiger partial charge is 0.422 e. The van der Waals surface area contributed by atoms with Gasteiger partial charge in [-0.3, -0.25) is 0 Å². The Bertz CT molecular complexity index is 395. The van der Waals surface area contributed by atoms with Crippen LogP contribution in [0.5, 0.6) is 5.75 Å². The molecular formula is C12H15BrF3NO. The zero-order valence-electron chi connectivity index (χ0n) is 10.1. The summed E-state index contributed by atoms with van der Waals surface area (Å²) in [7, 11) is 0. The van der Waals surface area contributed by atoms with Crippen LogP contribution in [0.1, 0.15) is 25.5 Å². The van der Waals surface area contributed by atoms with Crippen molar-refractivity contribution in [1.82, 2.24) is 5.32 Å². The maximum absolute atomic E-state index is 12.2. The normalized spacial score (nSPS) is 13.4. The highest BCUT2D eigenvalue weighted by Gasteiger charge is 2.29. The lowest BCUT2D eigenvalue weighted by Gasteiger charge is -2.18. The third-order valence-corrected chi connectivity index (χ3v) is 2.83. The molecule has 0 amide bonds. The molecule has 1 unspecified atom stereocenters. The number of halogens is 4. The summed E-state index contributed by atoms with van der Waals surface area (Å²) in [4.78, 5) is 0. The average Bonchev–Trinajstić information content (AvgIpc) is 2.26. The summed E-state index contributed by atoms with van der Waals surface area (Å²) < 4.78 is 42.1. The lowest BCUT2D eigenvalue weighted by molar-refractivity contribution is -0.153. The van der Waals surface area contributed by atoms with Crippen molar-refractivity contribution in [3.05, 3.63) is 28.2 Å². The van der Waals surface area contributed by atoms with Gasteiger partial charge in [0.25, 0.3) is 0 Å². The van der Waals surface area contributed by atoms with E-state index in [9.17, 15) is 13.2 Å². The van der Waals surface area contributed by atoms with Gasteiger partial charge in [-0.15, -0.1) is 0 Å². The third-order valence-electron chi connectivity index (χ3n) is 2.34. The van der Waals surface area contributed by atoms with Crippen LogP contribution >= 0.6 is 15.9 Å². The lowest BCUT2D eigenvalue weighted by Crippen LogP contribution is -2.22. The van der Waals surface area contributed by atoms with E-state index in [0.29, 0.717) is 5.56 Å². The molecule has 0 aromatic heterocycles. The first-order chi connectivity index (χ1) is 8.33. The van der Waals surface area contributed by atoms with E-state index in [1.807, 2.05) is 13.8 Å². The van der Waals surface area contributed by atoms with Gasteiger partial charge in [-0.1, -0.05) is 22.9 Å². The molecule has 0 saturated carbocycles. The van der Waals surface area contributed by atoms with Crippen LogP contribution in [-0.2, 0) is 0 Å². The summed E-state index contributed by atoms with van der Waals surface area (Å²) in [5.74, 6) is 0.254. The van der Waals surface area contributed by atoms with Crippen LogP contribution in [0.4, 0.5) is 13.2 Å². The molecule has 0 aliphatic carbocycles. The molecule has 1 N–H and O–H groups in total. The van der Waals surface area contributed by atoms with E-state index in [1.54, 1.807) is 18.2 Å². The topological polar surface area (TPSA) is 21.3 Å². The molecule has 2 nitrogen and oxygen atoms in total. The predicted molar refractivity (Wildman–Crippen MR) is 67.8 cm³/mol. The van der Waals surface area contributed by atoms with Crippen molar-refractivity contribution in [3.8, 4) is 5.75 Å². The zero-order valence-corrected chi connectivity index (χ0v) is 11.7. The van der Waals surface area contributed by atoms with E-state index < -0.39 is 12.8 Å². The Labute approximate surface area is 113 Å². The highest BCUT2D eigenvalue weighted by atomic mass is 79.9. The van der Waals surface area contributed by atoms with Crippen molar-refractivity contribution in [2.45, 2.75) is 26.1 Å². The number of rotatable bonds is 5. The molecule has 0 fully saturated rings. The molecular weight excluding hydrogens is 311 g/mol. The Kier molecular flexibility index (Phi) is 5.47. The van der Waals surface area contributed by atoms with Gasteiger partial charge in [0, 0.05) is 16.1 Å². The molecule has 1 rings (SSSR count). The second-order valence-corrected chi connectivity index (χ2v) is 4.78. The molecule has 102 valence electrons. The van der Waals surface area contributed by atoms with Crippen LogP contribution in [0.25, 0.3) is 0 Å². The van der Waals surface area contributed by atoms with Crippen LogP contribution in [-0.4, -0.2) is 19.3 Å². The number of hydrogen-bond donors (Lipinski definition) is 1. The van der Waals surface area contributed by atoms with E-state index in [1.165, 1.54) is 0 Å². The van der Waals surface area contributed by atoms with Gasteiger partial charge in [-0.2, -0.15) is 13.2 Å². The molecule has 0 bridgehead atoms. The zero-order chi connectivity index (χ0) is 13.8. The standard InChI is InChI=1S/C12H15BrF3NO/c1-3-17-8(2)10-6-9(13)4-5-11(10)18-7-12(14,15)16/h4-6,8,17H,3,7H2,1-2H3. The van der Waals surface area contributed by atoms with Crippen molar-refractivity contribution in [3.63, 3.8) is 0 Å². The van der Waals surface area contributed by atoms with Gasteiger partial charge in [0.05, 0.1) is 0 Å². The first-order valence-corrected chi connectivity index (χ1v) is 6.35. The number of hydrogen-bond acceptors (Lipinski definition) is 2. The molecule has 0 heterocycles. The van der Waals surface area contributed by atoms with Crippen molar-refractivity contribution in [2.75, 3.05) is 13.2 Å². The van der Waals surface area contributed by atoms with Crippen LogP contribution in [0.15, 0.2) is 22.7 Å². The third kappa shape index (κ3) is 4.86. The van der Waals surface area contributed by atoms with E-state index in [-0.39, 0.29) is 11.8 Å². The highest BCUT2D eigenvalue weighted by molar-refractivity contribution is 9.10. The second kappa shape index (κ2) is 6.43. The maximum Gasteiger partial charge on any atom is 0.422 e. The van der Waals surface area contributed by atoms with Gasteiger partial charge in [-0.05, 0) is 31.7 Å². The molecule has 1 atom stereocenters. The quantitative estimate of drug-likeness (QED) is 0.881. The summed E-state index contributed by atoms with van der Waals surface area (Å²) in [5, 5.41) is 3.14. The van der Waals surface area contributed by atoms with Crippen LogP contribution < -0.4 is 10.1 Å². The van der Waals surface area contributed by atoms with Gasteiger partial charge < -0.3 is 10.1 Å². The number of alkyl halides is 3. The molecule has 0 aliphatic rings. The molecule has 18 heavy (non-hydrogen) atoms. The van der Waals surface area contributed by atoms with E-state index in [0.717, 1.165) is 11.0 Å². The van der Waals surface area contributed by atoms with Crippen molar-refractivity contribution in [2.24, 2.45) is 0 Å². The average molecular weight is 326 g/mol. The first-order valence-electron chi connectivity index (χ1n) is 5.56. The van der Waals surface area contributed by atoms with Crippen molar-refractivity contribution < 1.29 is 17.9 Å². The highest BCUT2D eigenvalue weighted by Crippen LogP contribution is 2.29.